The van der Waals surface area contributed by atoms with Crippen molar-refractivity contribution in [2.75, 3.05) is 59.5 Å². The molecule has 0 fully saturated rings. The Kier molecular flexibility index (Phi) is 18.1. The summed E-state index contributed by atoms with van der Waals surface area (Å²) in [7, 11) is 0. The molecule has 0 heterocycles. The highest BCUT2D eigenvalue weighted by molar-refractivity contribution is 6.32. The van der Waals surface area contributed by atoms with E-state index in [2.05, 4.69) is 6.92 Å². The van der Waals surface area contributed by atoms with Gasteiger partial charge in [0.1, 0.15) is 6.61 Å². The summed E-state index contributed by atoms with van der Waals surface area (Å²) in [5.74, 6) is -3.19. The van der Waals surface area contributed by atoms with Gasteiger partial charge in [-0.05, 0) is 6.42 Å². The number of ketones is 1. The van der Waals surface area contributed by atoms with Crippen molar-refractivity contribution < 1.29 is 43.2 Å². The fourth-order valence-electron chi connectivity index (χ4n) is 1.83. The first-order valence-electron chi connectivity index (χ1n) is 9.30. The highest BCUT2D eigenvalue weighted by Gasteiger charge is 2.14. The molecule has 0 aliphatic rings. The highest BCUT2D eigenvalue weighted by atomic mass is 16.6. The molecule has 158 valence electrons. The molecular weight excluding hydrogens is 360 g/mol. The van der Waals surface area contributed by atoms with Gasteiger partial charge in [0, 0.05) is 13.0 Å². The van der Waals surface area contributed by atoms with Gasteiger partial charge in [-0.3, -0.25) is 9.59 Å². The average Bonchev–Trinajstić information content (AvgIpc) is 2.65. The van der Waals surface area contributed by atoms with Crippen LogP contribution in [0.15, 0.2) is 0 Å². The fraction of sp³-hybridized carbons (Fsp3) is 0.833. The van der Waals surface area contributed by atoms with E-state index in [4.69, 9.17) is 28.8 Å². The normalized spacial score (nSPS) is 10.7. The number of carbonyl (C=O) groups excluding carboxylic acids is 2. The number of Topliss-reactive ketones (excluding diaryl/α,β-unsaturated/α-hetero) is 1. The number of unbranched alkanes of at least 4 members (excludes halogenated alkanes) is 2. The summed E-state index contributed by atoms with van der Waals surface area (Å²) < 4.78 is 26.1. The Labute approximate surface area is 160 Å². The number of carboxylic acid groups (broad SMARTS) is 1. The Morgan fingerprint density at radius 2 is 1.15 bits per heavy atom. The molecular formula is C18H32O9. The molecule has 0 radical (unpaired) electrons. The smallest absolute Gasteiger partial charge is 0.372 e. The molecule has 0 aliphatic carbocycles. The summed E-state index contributed by atoms with van der Waals surface area (Å²) in [4.78, 5) is 32.3. The van der Waals surface area contributed by atoms with Gasteiger partial charge in [0.05, 0.1) is 52.7 Å². The third kappa shape index (κ3) is 19.0. The molecule has 1 N–H and O–H groups in total. The maximum atomic E-state index is 11.2. The Hall–Kier alpha value is -1.55. The molecule has 0 saturated carbocycles. The van der Waals surface area contributed by atoms with Crippen molar-refractivity contribution in [2.24, 2.45) is 0 Å². The van der Waals surface area contributed by atoms with Gasteiger partial charge >= 0.3 is 11.9 Å². The maximum absolute atomic E-state index is 11.2. The number of carbonyl (C=O) groups is 3. The number of esters is 1. The first kappa shape index (κ1) is 25.4. The summed E-state index contributed by atoms with van der Waals surface area (Å²) in [6, 6.07) is 0. The van der Waals surface area contributed by atoms with Gasteiger partial charge in [0.15, 0.2) is 0 Å². The van der Waals surface area contributed by atoms with Crippen LogP contribution >= 0.6 is 0 Å². The zero-order valence-corrected chi connectivity index (χ0v) is 16.1. The molecule has 0 spiro atoms. The van der Waals surface area contributed by atoms with E-state index in [1.807, 2.05) is 0 Å². The van der Waals surface area contributed by atoms with Gasteiger partial charge in [-0.25, -0.2) is 4.79 Å². The van der Waals surface area contributed by atoms with Crippen molar-refractivity contribution in [2.45, 2.75) is 39.0 Å². The SMILES string of the molecule is CCCCCOCCOCCOCCOCCOC(=O)CCC(=O)C(=O)O. The number of carboxylic acids is 1. The summed E-state index contributed by atoms with van der Waals surface area (Å²) in [5, 5.41) is 8.37. The topological polar surface area (TPSA) is 118 Å². The van der Waals surface area contributed by atoms with Crippen LogP contribution in [0.1, 0.15) is 39.0 Å². The number of ether oxygens (including phenoxy) is 5. The zero-order chi connectivity index (χ0) is 20.2. The van der Waals surface area contributed by atoms with Crippen molar-refractivity contribution in [3.05, 3.63) is 0 Å². The lowest BCUT2D eigenvalue weighted by Crippen LogP contribution is -2.17. The standard InChI is InChI=1S/C18H32O9/c1-2-3-4-7-23-8-9-24-10-11-25-12-13-26-14-15-27-17(20)6-5-16(19)18(21)22/h2-15H2,1H3,(H,21,22). The van der Waals surface area contributed by atoms with Crippen molar-refractivity contribution in [3.63, 3.8) is 0 Å². The van der Waals surface area contributed by atoms with E-state index in [9.17, 15) is 14.4 Å². The molecule has 9 heteroatoms. The molecule has 0 unspecified atom stereocenters. The first-order chi connectivity index (χ1) is 13.1. The molecule has 0 aromatic heterocycles. The zero-order valence-electron chi connectivity index (χ0n) is 16.1. The molecule has 0 aliphatic heterocycles. The Morgan fingerprint density at radius 1 is 0.667 bits per heavy atom. The van der Waals surface area contributed by atoms with Gasteiger partial charge in [-0.1, -0.05) is 19.8 Å². The summed E-state index contributed by atoms with van der Waals surface area (Å²) >= 11 is 0. The molecule has 0 saturated heterocycles. The van der Waals surface area contributed by atoms with Crippen molar-refractivity contribution in [1.82, 2.24) is 0 Å². The molecule has 0 rings (SSSR count). The van der Waals surface area contributed by atoms with Gasteiger partial charge in [-0.15, -0.1) is 0 Å². The van der Waals surface area contributed by atoms with Crippen LogP contribution in [0.2, 0.25) is 0 Å². The van der Waals surface area contributed by atoms with E-state index in [0.717, 1.165) is 13.0 Å². The van der Waals surface area contributed by atoms with Crippen LogP contribution in [0.4, 0.5) is 0 Å². The molecule has 0 bridgehead atoms. The quantitative estimate of drug-likeness (QED) is 0.185. The second kappa shape index (κ2) is 19.2. The minimum atomic E-state index is -1.55. The molecule has 0 aromatic rings. The van der Waals surface area contributed by atoms with Gasteiger partial charge in [0.2, 0.25) is 5.78 Å². The summed E-state index contributed by atoms with van der Waals surface area (Å²) in [5.41, 5.74) is 0. The largest absolute Gasteiger partial charge is 0.476 e. The van der Waals surface area contributed by atoms with E-state index in [1.165, 1.54) is 12.8 Å². The minimum Gasteiger partial charge on any atom is -0.476 e. The van der Waals surface area contributed by atoms with Crippen LogP contribution in [0, 0.1) is 0 Å². The Balaban J connectivity index is 3.19. The first-order valence-corrected chi connectivity index (χ1v) is 9.30. The summed E-state index contributed by atoms with van der Waals surface area (Å²) in [6.07, 6.45) is 2.84. The summed E-state index contributed by atoms with van der Waals surface area (Å²) in [6.45, 7) is 6.03. The van der Waals surface area contributed by atoms with Crippen LogP contribution in [0.5, 0.6) is 0 Å². The minimum absolute atomic E-state index is 0.0431. The Morgan fingerprint density at radius 3 is 1.63 bits per heavy atom. The second-order valence-electron chi connectivity index (χ2n) is 5.61. The van der Waals surface area contributed by atoms with E-state index in [1.54, 1.807) is 0 Å². The number of hydrogen-bond donors (Lipinski definition) is 1. The van der Waals surface area contributed by atoms with Gasteiger partial charge in [0.25, 0.3) is 0 Å². The van der Waals surface area contributed by atoms with E-state index in [-0.39, 0.29) is 26.1 Å². The van der Waals surface area contributed by atoms with Crippen LogP contribution in [-0.2, 0) is 38.1 Å². The van der Waals surface area contributed by atoms with E-state index < -0.39 is 17.7 Å². The van der Waals surface area contributed by atoms with E-state index >= 15 is 0 Å². The second-order valence-corrected chi connectivity index (χ2v) is 5.61. The van der Waals surface area contributed by atoms with Crippen molar-refractivity contribution in [1.29, 1.82) is 0 Å². The van der Waals surface area contributed by atoms with Gasteiger partial charge < -0.3 is 28.8 Å². The van der Waals surface area contributed by atoms with E-state index in [0.29, 0.717) is 39.6 Å². The average molecular weight is 392 g/mol. The maximum Gasteiger partial charge on any atom is 0.372 e. The monoisotopic (exact) mass is 392 g/mol. The van der Waals surface area contributed by atoms with Crippen LogP contribution in [0.3, 0.4) is 0 Å². The molecule has 9 nitrogen and oxygen atoms in total. The number of hydrogen-bond acceptors (Lipinski definition) is 8. The lowest BCUT2D eigenvalue weighted by atomic mass is 10.2. The predicted octanol–water partition coefficient (Wildman–Crippen LogP) is 1.22. The fourth-order valence-corrected chi connectivity index (χ4v) is 1.83. The van der Waals surface area contributed by atoms with Crippen molar-refractivity contribution in [3.8, 4) is 0 Å². The molecule has 0 aromatic carbocycles. The Bertz CT molecular complexity index is 398. The van der Waals surface area contributed by atoms with Crippen LogP contribution < -0.4 is 0 Å². The highest BCUT2D eigenvalue weighted by Crippen LogP contribution is 1.95. The molecule has 27 heavy (non-hydrogen) atoms. The third-order valence-corrected chi connectivity index (χ3v) is 3.29. The number of aliphatic carboxylic acids is 1. The predicted molar refractivity (Wildman–Crippen MR) is 95.6 cm³/mol. The van der Waals surface area contributed by atoms with Crippen LogP contribution in [-0.4, -0.2) is 82.3 Å². The number of rotatable bonds is 20. The lowest BCUT2D eigenvalue weighted by Gasteiger charge is -2.08. The van der Waals surface area contributed by atoms with Crippen molar-refractivity contribution >= 4 is 17.7 Å². The lowest BCUT2D eigenvalue weighted by molar-refractivity contribution is -0.151. The van der Waals surface area contributed by atoms with Crippen LogP contribution in [0.25, 0.3) is 0 Å². The third-order valence-electron chi connectivity index (χ3n) is 3.29. The van der Waals surface area contributed by atoms with Gasteiger partial charge in [-0.2, -0.15) is 0 Å². The molecule has 0 amide bonds. The molecule has 0 atom stereocenters.